The molecule has 1 aromatic rings. The molecule has 0 radical (unpaired) electrons. The normalized spacial score (nSPS) is 20.7. The van der Waals surface area contributed by atoms with E-state index in [0.717, 1.165) is 67.5 Å². The van der Waals surface area contributed by atoms with Crippen molar-refractivity contribution in [3.8, 4) is 11.5 Å². The van der Waals surface area contributed by atoms with Gasteiger partial charge in [0.1, 0.15) is 0 Å². The van der Waals surface area contributed by atoms with Crippen LogP contribution in [0.3, 0.4) is 0 Å². The second kappa shape index (κ2) is 8.17. The Balaban J connectivity index is 1.25. The number of carbonyl (C=O) groups is 1. The van der Waals surface area contributed by atoms with Gasteiger partial charge in [0.15, 0.2) is 11.5 Å². The van der Waals surface area contributed by atoms with Crippen molar-refractivity contribution in [1.29, 1.82) is 0 Å². The molecule has 4 rings (SSSR count). The third-order valence-electron chi connectivity index (χ3n) is 5.90. The number of fused-ring (bicyclic) bond motifs is 1. The number of piperazine rings is 1. The molecule has 0 unspecified atom stereocenters. The summed E-state index contributed by atoms with van der Waals surface area (Å²) >= 11 is 3.64. The fourth-order valence-corrected chi connectivity index (χ4v) is 4.71. The van der Waals surface area contributed by atoms with E-state index in [2.05, 4.69) is 31.8 Å². The Morgan fingerprint density at radius 2 is 1.77 bits per heavy atom. The summed E-state index contributed by atoms with van der Waals surface area (Å²) in [5, 5.41) is 0. The predicted molar refractivity (Wildman–Crippen MR) is 103 cm³/mol. The zero-order valence-corrected chi connectivity index (χ0v) is 16.8. The minimum Gasteiger partial charge on any atom is -0.454 e. The van der Waals surface area contributed by atoms with Crippen LogP contribution in [0.25, 0.3) is 0 Å². The highest BCUT2D eigenvalue weighted by Crippen LogP contribution is 2.37. The van der Waals surface area contributed by atoms with Gasteiger partial charge >= 0.3 is 0 Å². The Morgan fingerprint density at radius 1 is 1.08 bits per heavy atom. The standard InChI is InChI=1S/C20H27BrN2O3/c21-17-12-19-18(25-14-26-19)11-16(17)13-22-7-9-23(10-8-22)20(24)6-5-15-3-1-2-4-15/h11-12,15H,1-10,13-14H2. The Kier molecular flexibility index (Phi) is 5.69. The largest absolute Gasteiger partial charge is 0.454 e. The molecule has 2 fully saturated rings. The third kappa shape index (κ3) is 4.17. The molecule has 1 aliphatic carbocycles. The van der Waals surface area contributed by atoms with Crippen LogP contribution in [0.1, 0.15) is 44.1 Å². The van der Waals surface area contributed by atoms with Gasteiger partial charge in [-0.2, -0.15) is 0 Å². The lowest BCUT2D eigenvalue weighted by molar-refractivity contribution is -0.133. The molecule has 0 aromatic heterocycles. The predicted octanol–water partition coefficient (Wildman–Crippen LogP) is 3.79. The topological polar surface area (TPSA) is 42.0 Å². The average Bonchev–Trinajstić information content (AvgIpc) is 3.32. The molecule has 142 valence electrons. The number of ether oxygens (including phenoxy) is 2. The van der Waals surface area contributed by atoms with Gasteiger partial charge in [0, 0.05) is 43.6 Å². The van der Waals surface area contributed by atoms with Crippen LogP contribution in [-0.4, -0.2) is 48.7 Å². The average molecular weight is 423 g/mol. The molecule has 6 heteroatoms. The van der Waals surface area contributed by atoms with Crippen molar-refractivity contribution in [3.63, 3.8) is 0 Å². The van der Waals surface area contributed by atoms with Gasteiger partial charge in [-0.25, -0.2) is 0 Å². The van der Waals surface area contributed by atoms with Gasteiger partial charge in [-0.05, 0) is 30.0 Å². The summed E-state index contributed by atoms with van der Waals surface area (Å²) in [6, 6.07) is 4.05. The molecule has 3 aliphatic rings. The molecule has 26 heavy (non-hydrogen) atoms. The van der Waals surface area contributed by atoms with E-state index in [-0.39, 0.29) is 0 Å². The highest BCUT2D eigenvalue weighted by Gasteiger charge is 2.24. The molecule has 0 spiro atoms. The van der Waals surface area contributed by atoms with Crippen LogP contribution in [0.5, 0.6) is 11.5 Å². The lowest BCUT2D eigenvalue weighted by Gasteiger charge is -2.35. The fourth-order valence-electron chi connectivity index (χ4n) is 4.26. The zero-order chi connectivity index (χ0) is 17.9. The molecule has 1 amide bonds. The monoisotopic (exact) mass is 422 g/mol. The van der Waals surface area contributed by atoms with E-state index in [9.17, 15) is 4.79 Å². The molecule has 1 aromatic carbocycles. The first-order chi connectivity index (χ1) is 12.7. The zero-order valence-electron chi connectivity index (χ0n) is 15.2. The number of rotatable bonds is 5. The van der Waals surface area contributed by atoms with E-state index in [4.69, 9.17) is 9.47 Å². The first-order valence-corrected chi connectivity index (χ1v) is 10.6. The van der Waals surface area contributed by atoms with Gasteiger partial charge in [0.05, 0.1) is 0 Å². The van der Waals surface area contributed by atoms with Gasteiger partial charge in [0.2, 0.25) is 12.7 Å². The number of benzene rings is 1. The summed E-state index contributed by atoms with van der Waals surface area (Å²) in [6.07, 6.45) is 7.18. The molecule has 1 saturated heterocycles. The van der Waals surface area contributed by atoms with Gasteiger partial charge in [0.25, 0.3) is 0 Å². The number of halogens is 1. The molecule has 5 nitrogen and oxygen atoms in total. The van der Waals surface area contributed by atoms with Gasteiger partial charge in [-0.1, -0.05) is 41.6 Å². The van der Waals surface area contributed by atoms with Crippen LogP contribution in [0.4, 0.5) is 0 Å². The summed E-state index contributed by atoms with van der Waals surface area (Å²) in [6.45, 7) is 4.69. The van der Waals surface area contributed by atoms with E-state index in [1.807, 2.05) is 6.07 Å². The minimum atomic E-state index is 0.298. The fraction of sp³-hybridized carbons (Fsp3) is 0.650. The molecule has 0 atom stereocenters. The van der Waals surface area contributed by atoms with E-state index < -0.39 is 0 Å². The summed E-state index contributed by atoms with van der Waals surface area (Å²) < 4.78 is 12.0. The molecule has 0 N–H and O–H groups in total. The first kappa shape index (κ1) is 18.1. The second-order valence-electron chi connectivity index (χ2n) is 7.64. The Labute approximate surface area is 163 Å². The summed E-state index contributed by atoms with van der Waals surface area (Å²) in [7, 11) is 0. The van der Waals surface area contributed by atoms with E-state index in [1.54, 1.807) is 0 Å². The van der Waals surface area contributed by atoms with E-state index in [1.165, 1.54) is 31.2 Å². The summed E-state index contributed by atoms with van der Waals surface area (Å²) in [5.41, 5.74) is 1.20. The molecule has 2 heterocycles. The number of nitrogens with zero attached hydrogens (tertiary/aromatic N) is 2. The van der Waals surface area contributed by atoms with Crippen LogP contribution in [-0.2, 0) is 11.3 Å². The number of amides is 1. The Hall–Kier alpha value is -1.27. The first-order valence-electron chi connectivity index (χ1n) is 9.77. The van der Waals surface area contributed by atoms with Crippen LogP contribution in [0, 0.1) is 5.92 Å². The molecular formula is C20H27BrN2O3. The molecular weight excluding hydrogens is 396 g/mol. The highest BCUT2D eigenvalue weighted by atomic mass is 79.9. The quantitative estimate of drug-likeness (QED) is 0.723. The van der Waals surface area contributed by atoms with Gasteiger partial charge in [-0.15, -0.1) is 0 Å². The smallest absolute Gasteiger partial charge is 0.231 e. The molecule has 0 bridgehead atoms. The second-order valence-corrected chi connectivity index (χ2v) is 8.50. The number of hydrogen-bond acceptors (Lipinski definition) is 4. The van der Waals surface area contributed by atoms with Crippen LogP contribution in [0.15, 0.2) is 16.6 Å². The van der Waals surface area contributed by atoms with Crippen molar-refractivity contribution in [1.82, 2.24) is 9.80 Å². The van der Waals surface area contributed by atoms with Crippen molar-refractivity contribution >= 4 is 21.8 Å². The van der Waals surface area contributed by atoms with E-state index >= 15 is 0 Å². The van der Waals surface area contributed by atoms with E-state index in [0.29, 0.717) is 12.7 Å². The Morgan fingerprint density at radius 3 is 2.50 bits per heavy atom. The van der Waals surface area contributed by atoms with Crippen LogP contribution in [0.2, 0.25) is 0 Å². The van der Waals surface area contributed by atoms with Crippen LogP contribution >= 0.6 is 15.9 Å². The number of hydrogen-bond donors (Lipinski definition) is 0. The van der Waals surface area contributed by atoms with Crippen molar-refractivity contribution in [3.05, 3.63) is 22.2 Å². The maximum absolute atomic E-state index is 12.5. The Bertz CT molecular complexity index is 653. The molecule has 1 saturated carbocycles. The minimum absolute atomic E-state index is 0.298. The van der Waals surface area contributed by atoms with Crippen molar-refractivity contribution in [2.45, 2.75) is 45.1 Å². The van der Waals surface area contributed by atoms with Gasteiger partial charge < -0.3 is 14.4 Å². The summed E-state index contributed by atoms with van der Waals surface area (Å²) in [5.74, 6) is 2.77. The lowest BCUT2D eigenvalue weighted by atomic mass is 10.0. The van der Waals surface area contributed by atoms with Crippen molar-refractivity contribution in [2.24, 2.45) is 5.92 Å². The van der Waals surface area contributed by atoms with Crippen LogP contribution < -0.4 is 9.47 Å². The number of carbonyl (C=O) groups excluding carboxylic acids is 1. The lowest BCUT2D eigenvalue weighted by Crippen LogP contribution is -2.48. The van der Waals surface area contributed by atoms with Crippen molar-refractivity contribution in [2.75, 3.05) is 33.0 Å². The highest BCUT2D eigenvalue weighted by molar-refractivity contribution is 9.10. The third-order valence-corrected chi connectivity index (χ3v) is 6.64. The maximum Gasteiger partial charge on any atom is 0.231 e. The SMILES string of the molecule is O=C(CCC1CCCC1)N1CCN(Cc2cc3c(cc2Br)OCO3)CC1. The van der Waals surface area contributed by atoms with Crippen molar-refractivity contribution < 1.29 is 14.3 Å². The van der Waals surface area contributed by atoms with Gasteiger partial charge in [-0.3, -0.25) is 9.69 Å². The molecule has 2 aliphatic heterocycles. The summed E-state index contributed by atoms with van der Waals surface area (Å²) in [4.78, 5) is 16.9. The maximum atomic E-state index is 12.5.